The third-order valence-electron chi connectivity index (χ3n) is 3.58. The van der Waals surface area contributed by atoms with E-state index < -0.39 is 11.9 Å². The summed E-state index contributed by atoms with van der Waals surface area (Å²) in [4.78, 5) is 8.01. The molecule has 1 fully saturated rings. The molecule has 2 aliphatic rings. The van der Waals surface area contributed by atoms with Crippen molar-refractivity contribution in [2.75, 3.05) is 33.2 Å². The van der Waals surface area contributed by atoms with Crippen molar-refractivity contribution in [1.29, 1.82) is 0 Å². The van der Waals surface area contributed by atoms with Gasteiger partial charge < -0.3 is 4.90 Å². The standard InChI is InChI=1S/C12H18F3N3/c1-9-7-11(12(13,14)15)16-8-10(9)18-5-3-17(2)4-6-18/h7-10H,3-6H2,1-2H3. The predicted octanol–water partition coefficient (Wildman–Crippen LogP) is 1.77. The predicted molar refractivity (Wildman–Crippen MR) is 64.7 cm³/mol. The number of rotatable bonds is 1. The van der Waals surface area contributed by atoms with Gasteiger partial charge in [-0.15, -0.1) is 0 Å². The average Bonchev–Trinajstić information content (AvgIpc) is 2.29. The van der Waals surface area contributed by atoms with Crippen molar-refractivity contribution >= 4 is 6.21 Å². The summed E-state index contributed by atoms with van der Waals surface area (Å²) in [6.45, 7) is 5.49. The lowest BCUT2D eigenvalue weighted by atomic mass is 9.97. The highest BCUT2D eigenvalue weighted by Crippen LogP contribution is 2.31. The summed E-state index contributed by atoms with van der Waals surface area (Å²) >= 11 is 0. The zero-order chi connectivity index (χ0) is 13.3. The fourth-order valence-corrected chi connectivity index (χ4v) is 2.40. The van der Waals surface area contributed by atoms with Crippen molar-refractivity contribution in [3.63, 3.8) is 0 Å². The van der Waals surface area contributed by atoms with Crippen LogP contribution < -0.4 is 0 Å². The fraction of sp³-hybridized carbons (Fsp3) is 0.750. The first-order valence-electron chi connectivity index (χ1n) is 6.14. The Balaban J connectivity index is 2.02. The van der Waals surface area contributed by atoms with Crippen LogP contribution in [0.15, 0.2) is 16.8 Å². The molecule has 0 saturated carbocycles. The van der Waals surface area contributed by atoms with Crippen LogP contribution in [-0.4, -0.2) is 61.5 Å². The monoisotopic (exact) mass is 261 g/mol. The molecule has 1 saturated heterocycles. The number of allylic oxidation sites excluding steroid dienone is 1. The highest BCUT2D eigenvalue weighted by atomic mass is 19.4. The zero-order valence-electron chi connectivity index (χ0n) is 10.6. The number of aliphatic imine (C=N–C) groups is 1. The van der Waals surface area contributed by atoms with Crippen LogP contribution in [-0.2, 0) is 0 Å². The minimum atomic E-state index is -4.34. The minimum Gasteiger partial charge on any atom is -0.304 e. The Morgan fingerprint density at radius 3 is 2.33 bits per heavy atom. The highest BCUT2D eigenvalue weighted by Gasteiger charge is 2.37. The van der Waals surface area contributed by atoms with Crippen molar-refractivity contribution in [3.8, 4) is 0 Å². The molecule has 2 heterocycles. The van der Waals surface area contributed by atoms with Gasteiger partial charge in [-0.25, -0.2) is 0 Å². The zero-order valence-corrected chi connectivity index (χ0v) is 10.6. The second-order valence-corrected chi connectivity index (χ2v) is 5.02. The van der Waals surface area contributed by atoms with Gasteiger partial charge in [0, 0.05) is 32.4 Å². The second-order valence-electron chi connectivity index (χ2n) is 5.02. The summed E-state index contributed by atoms with van der Waals surface area (Å²) in [5, 5.41) is 0. The van der Waals surface area contributed by atoms with Crippen molar-refractivity contribution < 1.29 is 13.2 Å². The normalized spacial score (nSPS) is 31.5. The van der Waals surface area contributed by atoms with Crippen molar-refractivity contribution in [2.24, 2.45) is 10.9 Å². The van der Waals surface area contributed by atoms with E-state index in [0.717, 1.165) is 26.2 Å². The van der Waals surface area contributed by atoms with E-state index >= 15 is 0 Å². The Labute approximate surface area is 105 Å². The molecule has 102 valence electrons. The fourth-order valence-electron chi connectivity index (χ4n) is 2.40. The summed E-state index contributed by atoms with van der Waals surface area (Å²) in [5.41, 5.74) is -0.764. The molecular weight excluding hydrogens is 243 g/mol. The molecule has 0 N–H and O–H groups in total. The van der Waals surface area contributed by atoms with E-state index in [9.17, 15) is 13.2 Å². The van der Waals surface area contributed by atoms with Gasteiger partial charge in [-0.05, 0) is 19.0 Å². The number of alkyl halides is 3. The summed E-state index contributed by atoms with van der Waals surface area (Å²) in [6, 6.07) is -0.00944. The maximum Gasteiger partial charge on any atom is 0.433 e. The van der Waals surface area contributed by atoms with Gasteiger partial charge in [0.25, 0.3) is 0 Å². The largest absolute Gasteiger partial charge is 0.433 e. The molecule has 0 amide bonds. The maximum absolute atomic E-state index is 12.5. The van der Waals surface area contributed by atoms with E-state index in [1.165, 1.54) is 12.3 Å². The molecule has 0 aromatic rings. The molecule has 3 nitrogen and oxygen atoms in total. The lowest BCUT2D eigenvalue weighted by molar-refractivity contribution is -0.0932. The third-order valence-corrected chi connectivity index (χ3v) is 3.58. The average molecular weight is 261 g/mol. The van der Waals surface area contributed by atoms with Gasteiger partial charge >= 0.3 is 6.18 Å². The SMILES string of the molecule is CC1C=C(C(F)(F)F)N=CC1N1CCN(C)CC1. The first-order valence-corrected chi connectivity index (χ1v) is 6.14. The van der Waals surface area contributed by atoms with Crippen molar-refractivity contribution in [3.05, 3.63) is 11.8 Å². The maximum atomic E-state index is 12.5. The Morgan fingerprint density at radius 2 is 1.83 bits per heavy atom. The number of hydrogen-bond acceptors (Lipinski definition) is 3. The highest BCUT2D eigenvalue weighted by molar-refractivity contribution is 5.68. The molecule has 0 aromatic carbocycles. The number of nitrogens with zero attached hydrogens (tertiary/aromatic N) is 3. The minimum absolute atomic E-state index is 0.00944. The molecule has 2 aliphatic heterocycles. The van der Waals surface area contributed by atoms with Crippen molar-refractivity contribution in [2.45, 2.75) is 19.1 Å². The molecule has 0 aromatic heterocycles. The molecule has 2 atom stereocenters. The van der Waals surface area contributed by atoms with E-state index in [2.05, 4.69) is 21.8 Å². The molecule has 2 rings (SSSR count). The van der Waals surface area contributed by atoms with Crippen LogP contribution in [0.25, 0.3) is 0 Å². The van der Waals surface area contributed by atoms with E-state index in [4.69, 9.17) is 0 Å². The first kappa shape index (κ1) is 13.5. The lowest BCUT2D eigenvalue weighted by Crippen LogP contribution is -2.52. The van der Waals surface area contributed by atoms with Crippen LogP contribution in [0.2, 0.25) is 0 Å². The van der Waals surface area contributed by atoms with Gasteiger partial charge in [0.2, 0.25) is 0 Å². The number of halogens is 3. The summed E-state index contributed by atoms with van der Waals surface area (Å²) < 4.78 is 37.6. The third kappa shape index (κ3) is 2.92. The smallest absolute Gasteiger partial charge is 0.304 e. The van der Waals surface area contributed by atoms with E-state index in [-0.39, 0.29) is 12.0 Å². The van der Waals surface area contributed by atoms with Crippen LogP contribution >= 0.6 is 0 Å². The molecule has 18 heavy (non-hydrogen) atoms. The summed E-state index contributed by atoms with van der Waals surface area (Å²) in [6.07, 6.45) is -1.64. The van der Waals surface area contributed by atoms with Crippen LogP contribution in [0.3, 0.4) is 0 Å². The van der Waals surface area contributed by atoms with Gasteiger partial charge in [0.05, 0.1) is 6.04 Å². The first-order chi connectivity index (χ1) is 8.38. The molecule has 2 unspecified atom stereocenters. The van der Waals surface area contributed by atoms with Crippen LogP contribution in [0.1, 0.15) is 6.92 Å². The lowest BCUT2D eigenvalue weighted by Gasteiger charge is -2.39. The number of piperazine rings is 1. The van der Waals surface area contributed by atoms with Gasteiger partial charge in [-0.3, -0.25) is 9.89 Å². The van der Waals surface area contributed by atoms with Crippen LogP contribution in [0, 0.1) is 5.92 Å². The van der Waals surface area contributed by atoms with Gasteiger partial charge in [-0.1, -0.05) is 6.92 Å². The molecule has 0 bridgehead atoms. The number of likely N-dealkylation sites (N-methyl/N-ethyl adjacent to an activating group) is 1. The molecular formula is C12H18F3N3. The van der Waals surface area contributed by atoms with E-state index in [1.807, 2.05) is 6.92 Å². The van der Waals surface area contributed by atoms with Gasteiger partial charge in [-0.2, -0.15) is 13.2 Å². The molecule has 0 radical (unpaired) electrons. The van der Waals surface area contributed by atoms with Crippen molar-refractivity contribution in [1.82, 2.24) is 9.80 Å². The summed E-state index contributed by atoms with van der Waals surface area (Å²) in [7, 11) is 2.05. The molecule has 6 heteroatoms. The Morgan fingerprint density at radius 1 is 1.22 bits per heavy atom. The summed E-state index contributed by atoms with van der Waals surface area (Å²) in [5.74, 6) is -0.150. The Bertz CT molecular complexity index is 354. The quantitative estimate of drug-likeness (QED) is 0.716. The topological polar surface area (TPSA) is 18.8 Å². The van der Waals surface area contributed by atoms with E-state index in [0.29, 0.717) is 0 Å². The Hall–Kier alpha value is -0.880. The molecule has 0 aliphatic carbocycles. The second kappa shape index (κ2) is 5.01. The van der Waals surface area contributed by atoms with E-state index in [1.54, 1.807) is 0 Å². The van der Waals surface area contributed by atoms with Gasteiger partial charge in [0.1, 0.15) is 5.70 Å². The molecule has 0 spiro atoms. The van der Waals surface area contributed by atoms with Gasteiger partial charge in [0.15, 0.2) is 0 Å². The number of hydrogen-bond donors (Lipinski definition) is 0. The Kier molecular flexibility index (Phi) is 3.77. The van der Waals surface area contributed by atoms with Crippen LogP contribution in [0.4, 0.5) is 13.2 Å². The van der Waals surface area contributed by atoms with Crippen LogP contribution in [0.5, 0.6) is 0 Å².